The Labute approximate surface area is 178 Å². The van der Waals surface area contributed by atoms with E-state index in [4.69, 9.17) is 0 Å². The molecule has 0 radical (unpaired) electrons. The van der Waals surface area contributed by atoms with Gasteiger partial charge in [0.05, 0.1) is 5.52 Å². The van der Waals surface area contributed by atoms with Gasteiger partial charge in [0, 0.05) is 23.0 Å². The van der Waals surface area contributed by atoms with Crippen LogP contribution in [0.5, 0.6) is 0 Å². The average molecular weight is 391 g/mol. The summed E-state index contributed by atoms with van der Waals surface area (Å²) in [5, 5.41) is 1.21. The summed E-state index contributed by atoms with van der Waals surface area (Å²) >= 11 is 0. The van der Waals surface area contributed by atoms with Gasteiger partial charge in [0.15, 0.2) is 0 Å². The molecule has 0 spiro atoms. The van der Waals surface area contributed by atoms with E-state index in [2.05, 4.69) is 67.5 Å². The van der Waals surface area contributed by atoms with Crippen molar-refractivity contribution in [1.29, 1.82) is 0 Å². The molecule has 0 saturated heterocycles. The number of rotatable bonds is 3. The van der Waals surface area contributed by atoms with E-state index in [-0.39, 0.29) is 0 Å². The van der Waals surface area contributed by atoms with Gasteiger partial charge in [-0.3, -0.25) is 4.98 Å². The Hall–Kier alpha value is -3.13. The van der Waals surface area contributed by atoms with Crippen LogP contribution >= 0.6 is 0 Å². The fraction of sp³-hybridized carbons (Fsp3) is 0.222. The number of H-pyrrole nitrogens is 1. The first kappa shape index (κ1) is 28.1. The third-order valence-corrected chi connectivity index (χ3v) is 3.37. The van der Waals surface area contributed by atoms with Crippen LogP contribution in [0.4, 0.5) is 0 Å². The van der Waals surface area contributed by atoms with Crippen LogP contribution in [0.1, 0.15) is 50.2 Å². The zero-order chi connectivity index (χ0) is 22.7. The Balaban J connectivity index is 0. The summed E-state index contributed by atoms with van der Waals surface area (Å²) in [6.07, 6.45) is 8.71. The molecule has 2 heterocycles. The maximum atomic E-state index is 4.24. The minimum absolute atomic E-state index is 1.05. The lowest BCUT2D eigenvalue weighted by atomic mass is 10.1. The number of fused-ring (bicyclic) bond motifs is 1. The number of aryl methyl sites for hydroxylation is 2. The first-order valence-corrected chi connectivity index (χ1v) is 10.0. The molecule has 0 saturated carbocycles. The zero-order valence-corrected chi connectivity index (χ0v) is 19.1. The van der Waals surface area contributed by atoms with Crippen molar-refractivity contribution in [2.24, 2.45) is 0 Å². The molecule has 0 fully saturated rings. The zero-order valence-electron chi connectivity index (χ0n) is 19.1. The number of hydrogen-bond acceptors (Lipinski definition) is 1. The average Bonchev–Trinajstić information content (AvgIpc) is 3.17. The molecule has 0 atom stereocenters. The minimum Gasteiger partial charge on any atom is -0.359 e. The number of pyridine rings is 1. The van der Waals surface area contributed by atoms with E-state index in [1.54, 1.807) is 18.2 Å². The van der Waals surface area contributed by atoms with E-state index in [1.807, 2.05) is 59.0 Å². The summed E-state index contributed by atoms with van der Waals surface area (Å²) in [4.78, 5) is 7.40. The lowest BCUT2D eigenvalue weighted by Crippen LogP contribution is -1.77. The van der Waals surface area contributed by atoms with Crippen molar-refractivity contribution in [3.05, 3.63) is 104 Å². The van der Waals surface area contributed by atoms with Gasteiger partial charge in [0.2, 0.25) is 0 Å². The molecule has 0 aliphatic rings. The Kier molecular flexibility index (Phi) is 17.7. The van der Waals surface area contributed by atoms with Gasteiger partial charge in [-0.2, -0.15) is 0 Å². The number of hydrogen-bond donors (Lipinski definition) is 1. The quantitative estimate of drug-likeness (QED) is 0.446. The maximum absolute atomic E-state index is 4.24. The second-order valence-corrected chi connectivity index (χ2v) is 5.40. The Morgan fingerprint density at radius 3 is 1.93 bits per heavy atom. The van der Waals surface area contributed by atoms with Gasteiger partial charge < -0.3 is 4.98 Å². The Morgan fingerprint density at radius 1 is 0.828 bits per heavy atom. The molecule has 2 heteroatoms. The summed E-state index contributed by atoms with van der Waals surface area (Å²) in [5.41, 5.74) is 5.65. The Bertz CT molecular complexity index is 822. The van der Waals surface area contributed by atoms with Crippen LogP contribution in [0.15, 0.2) is 81.1 Å². The molecule has 0 aliphatic heterocycles. The molecule has 0 bridgehead atoms. The monoisotopic (exact) mass is 390 g/mol. The molecule has 0 unspecified atom stereocenters. The number of benzene rings is 1. The van der Waals surface area contributed by atoms with Gasteiger partial charge in [-0.25, -0.2) is 0 Å². The molecule has 0 aliphatic carbocycles. The third kappa shape index (κ3) is 11.3. The van der Waals surface area contributed by atoms with E-state index in [1.165, 1.54) is 10.9 Å². The van der Waals surface area contributed by atoms with Crippen LogP contribution in [-0.4, -0.2) is 9.97 Å². The summed E-state index contributed by atoms with van der Waals surface area (Å²) in [6.45, 7) is 26.2. The number of nitrogens with one attached hydrogen (secondary N) is 1. The Morgan fingerprint density at radius 2 is 1.45 bits per heavy atom. The van der Waals surface area contributed by atoms with Gasteiger partial charge in [-0.05, 0) is 49.2 Å². The SMILES string of the molecule is C=CC=C.C=Cc1cc(C)[nH]c1C=C.CC.CC.Cc1ccc2cccnc2c1. The van der Waals surface area contributed by atoms with Crippen molar-refractivity contribution >= 4 is 23.1 Å². The lowest BCUT2D eigenvalue weighted by Gasteiger charge is -1.95. The molecule has 3 aromatic rings. The van der Waals surface area contributed by atoms with Crippen LogP contribution in [0.25, 0.3) is 23.1 Å². The van der Waals surface area contributed by atoms with Gasteiger partial charge in [0.1, 0.15) is 0 Å². The van der Waals surface area contributed by atoms with E-state index in [9.17, 15) is 0 Å². The van der Waals surface area contributed by atoms with Gasteiger partial charge in [-0.1, -0.05) is 90.4 Å². The number of nitrogens with zero attached hydrogens (tertiary/aromatic N) is 1. The van der Waals surface area contributed by atoms with E-state index >= 15 is 0 Å². The molecular formula is C27H38N2. The predicted molar refractivity (Wildman–Crippen MR) is 135 cm³/mol. The molecule has 3 rings (SSSR count). The minimum atomic E-state index is 1.05. The second-order valence-electron chi connectivity index (χ2n) is 5.40. The number of allylic oxidation sites excluding steroid dienone is 2. The highest BCUT2D eigenvalue weighted by Gasteiger charge is 1.96. The first-order chi connectivity index (χ1) is 14.0. The van der Waals surface area contributed by atoms with Crippen LogP contribution in [-0.2, 0) is 0 Å². The van der Waals surface area contributed by atoms with Crippen LogP contribution in [0.3, 0.4) is 0 Å². The maximum Gasteiger partial charge on any atom is 0.0704 e. The summed E-state index contributed by atoms with van der Waals surface area (Å²) in [5.74, 6) is 0. The molecule has 156 valence electrons. The van der Waals surface area contributed by atoms with Gasteiger partial charge in [-0.15, -0.1) is 0 Å². The summed E-state index contributed by atoms with van der Waals surface area (Å²) in [6, 6.07) is 12.4. The summed E-state index contributed by atoms with van der Waals surface area (Å²) in [7, 11) is 0. The number of aromatic amines is 1. The molecular weight excluding hydrogens is 352 g/mol. The van der Waals surface area contributed by atoms with E-state index in [0.29, 0.717) is 0 Å². The molecule has 0 amide bonds. The van der Waals surface area contributed by atoms with E-state index < -0.39 is 0 Å². The van der Waals surface area contributed by atoms with Crippen molar-refractivity contribution in [2.45, 2.75) is 41.5 Å². The number of aromatic nitrogens is 2. The van der Waals surface area contributed by atoms with Crippen LogP contribution in [0.2, 0.25) is 0 Å². The molecule has 1 aromatic carbocycles. The van der Waals surface area contributed by atoms with Crippen LogP contribution < -0.4 is 0 Å². The topological polar surface area (TPSA) is 28.7 Å². The molecule has 1 N–H and O–H groups in total. The predicted octanol–water partition coefficient (Wildman–Crippen LogP) is 8.56. The van der Waals surface area contributed by atoms with Crippen molar-refractivity contribution < 1.29 is 0 Å². The van der Waals surface area contributed by atoms with Crippen molar-refractivity contribution in [1.82, 2.24) is 9.97 Å². The second kappa shape index (κ2) is 18.2. The third-order valence-electron chi connectivity index (χ3n) is 3.37. The first-order valence-electron chi connectivity index (χ1n) is 10.0. The summed E-state index contributed by atoms with van der Waals surface area (Å²) < 4.78 is 0. The van der Waals surface area contributed by atoms with E-state index in [0.717, 1.165) is 22.5 Å². The fourth-order valence-corrected chi connectivity index (χ4v) is 2.15. The van der Waals surface area contributed by atoms with Crippen molar-refractivity contribution in [2.75, 3.05) is 0 Å². The van der Waals surface area contributed by atoms with Crippen molar-refractivity contribution in [3.8, 4) is 0 Å². The smallest absolute Gasteiger partial charge is 0.0704 e. The van der Waals surface area contributed by atoms with Crippen LogP contribution in [0, 0.1) is 13.8 Å². The van der Waals surface area contributed by atoms with Gasteiger partial charge >= 0.3 is 0 Å². The highest BCUT2D eigenvalue weighted by atomic mass is 14.7. The fourth-order valence-electron chi connectivity index (χ4n) is 2.15. The molecule has 2 aromatic heterocycles. The largest absolute Gasteiger partial charge is 0.359 e. The highest BCUT2D eigenvalue weighted by Crippen LogP contribution is 2.12. The molecule has 29 heavy (non-hydrogen) atoms. The normalized spacial score (nSPS) is 8.21. The highest BCUT2D eigenvalue weighted by molar-refractivity contribution is 5.78. The van der Waals surface area contributed by atoms with Gasteiger partial charge in [0.25, 0.3) is 0 Å². The standard InChI is InChI=1S/C10H9N.C9H11N.C4H6.2C2H6/c1-8-4-5-9-3-2-6-11-10(9)7-8;1-4-8-6-7(3)10-9(8)5-2;1-3-4-2;2*1-2/h2-7H,1H3;4-6,10H,1-2H2,3H3;3-4H,1-2H2;2*1-2H3. The lowest BCUT2D eigenvalue weighted by molar-refractivity contribution is 1.25. The van der Waals surface area contributed by atoms with Crippen molar-refractivity contribution in [3.63, 3.8) is 0 Å². The molecule has 2 nitrogen and oxygen atoms in total.